The summed E-state index contributed by atoms with van der Waals surface area (Å²) in [5, 5.41) is 7.89. The predicted octanol–water partition coefficient (Wildman–Crippen LogP) is 6.00. The fourth-order valence-electron chi connectivity index (χ4n) is 2.12. The number of hydrogen-bond acceptors (Lipinski definition) is 5. The average molecular weight is 333 g/mol. The van der Waals surface area contributed by atoms with Crippen molar-refractivity contribution in [1.82, 2.24) is 0 Å². The largest absolute Gasteiger partial charge is 0.508 e. The molecule has 0 heterocycles. The summed E-state index contributed by atoms with van der Waals surface area (Å²) >= 11 is 0. The van der Waals surface area contributed by atoms with Crippen LogP contribution in [0, 0.1) is 4.91 Å². The summed E-state index contributed by atoms with van der Waals surface area (Å²) < 4.78 is 10.1. The first-order chi connectivity index (χ1) is 11.2. The molecule has 0 radical (unpaired) electrons. The standard InChI is InChI=1S/C17H34O3.HNO2/c1-3-5-7-9-11-13-15-19-17(18)20-16-14-12-10-8-6-4-2;2-1-3/h3-16H2,1-2H3;(H,2,3). The van der Waals surface area contributed by atoms with Crippen LogP contribution < -0.4 is 0 Å². The van der Waals surface area contributed by atoms with E-state index in [0.29, 0.717) is 13.2 Å². The van der Waals surface area contributed by atoms with E-state index in [9.17, 15) is 4.79 Å². The number of nitrogens with zero attached hydrogens (tertiary/aromatic N) is 1. The molecule has 0 saturated heterocycles. The molecule has 1 N–H and O–H groups in total. The maximum atomic E-state index is 11.3. The van der Waals surface area contributed by atoms with Gasteiger partial charge in [-0.15, -0.1) is 4.91 Å². The van der Waals surface area contributed by atoms with Gasteiger partial charge in [0.2, 0.25) is 0 Å². The number of unbranched alkanes of at least 4 members (excludes halogenated alkanes) is 10. The van der Waals surface area contributed by atoms with Crippen molar-refractivity contribution < 1.29 is 19.5 Å². The van der Waals surface area contributed by atoms with E-state index in [1.807, 2.05) is 0 Å². The lowest BCUT2D eigenvalue weighted by atomic mass is 10.1. The van der Waals surface area contributed by atoms with Crippen LogP contribution in [0.3, 0.4) is 0 Å². The molecule has 0 atom stereocenters. The van der Waals surface area contributed by atoms with Gasteiger partial charge in [-0.2, -0.15) is 0 Å². The Morgan fingerprint density at radius 2 is 1.04 bits per heavy atom. The highest BCUT2D eigenvalue weighted by Gasteiger charge is 2.02. The second-order valence-corrected chi connectivity index (χ2v) is 5.56. The Morgan fingerprint density at radius 3 is 1.39 bits per heavy atom. The third-order valence-electron chi connectivity index (χ3n) is 3.44. The van der Waals surface area contributed by atoms with Gasteiger partial charge in [-0.25, -0.2) is 4.79 Å². The van der Waals surface area contributed by atoms with Crippen molar-refractivity contribution in [3.8, 4) is 0 Å². The molecular weight excluding hydrogens is 298 g/mol. The molecule has 0 aromatic carbocycles. The van der Waals surface area contributed by atoms with E-state index in [1.165, 1.54) is 56.7 Å². The van der Waals surface area contributed by atoms with E-state index in [0.717, 1.165) is 25.7 Å². The molecule has 0 rings (SSSR count). The Morgan fingerprint density at radius 1 is 0.739 bits per heavy atom. The minimum absolute atomic E-state index is 0.493. The molecule has 0 aliphatic carbocycles. The van der Waals surface area contributed by atoms with Gasteiger partial charge in [-0.1, -0.05) is 78.1 Å². The maximum Gasteiger partial charge on any atom is 0.508 e. The second-order valence-electron chi connectivity index (χ2n) is 5.56. The molecule has 0 aliphatic heterocycles. The third kappa shape index (κ3) is 25.9. The van der Waals surface area contributed by atoms with Gasteiger partial charge in [0.25, 0.3) is 0 Å². The zero-order chi connectivity index (χ0) is 17.6. The molecule has 0 aliphatic rings. The van der Waals surface area contributed by atoms with Crippen molar-refractivity contribution in [2.24, 2.45) is 5.34 Å². The first kappa shape index (κ1) is 23.9. The maximum absolute atomic E-state index is 11.3. The van der Waals surface area contributed by atoms with Crippen molar-refractivity contribution >= 4 is 6.16 Å². The minimum Gasteiger partial charge on any atom is -0.434 e. The van der Waals surface area contributed by atoms with Crippen molar-refractivity contribution in [1.29, 1.82) is 0 Å². The van der Waals surface area contributed by atoms with Crippen molar-refractivity contribution in [3.05, 3.63) is 4.91 Å². The Kier molecular flexibility index (Phi) is 23.9. The quantitative estimate of drug-likeness (QED) is 0.182. The molecule has 0 aromatic rings. The lowest BCUT2D eigenvalue weighted by Crippen LogP contribution is -2.09. The molecule has 6 heteroatoms. The van der Waals surface area contributed by atoms with Crippen LogP contribution in [0.25, 0.3) is 0 Å². The summed E-state index contributed by atoms with van der Waals surface area (Å²) in [6, 6.07) is 0. The lowest BCUT2D eigenvalue weighted by molar-refractivity contribution is 0.0529. The molecule has 23 heavy (non-hydrogen) atoms. The molecule has 0 amide bonds. The van der Waals surface area contributed by atoms with E-state index >= 15 is 0 Å². The zero-order valence-electron chi connectivity index (χ0n) is 14.9. The van der Waals surface area contributed by atoms with E-state index in [2.05, 4.69) is 13.8 Å². The molecule has 0 unspecified atom stereocenters. The second kappa shape index (κ2) is 22.9. The predicted molar refractivity (Wildman–Crippen MR) is 91.6 cm³/mol. The first-order valence-corrected chi connectivity index (χ1v) is 8.99. The fourth-order valence-corrected chi connectivity index (χ4v) is 2.12. The molecular formula is C17H35NO5. The molecule has 0 saturated carbocycles. The Bertz CT molecular complexity index is 229. The topological polar surface area (TPSA) is 85.2 Å². The molecule has 0 aromatic heterocycles. The van der Waals surface area contributed by atoms with Gasteiger partial charge in [-0.3, -0.25) is 0 Å². The van der Waals surface area contributed by atoms with Crippen LogP contribution in [-0.2, 0) is 9.47 Å². The smallest absolute Gasteiger partial charge is 0.434 e. The summed E-state index contributed by atoms with van der Waals surface area (Å²) in [6.07, 6.45) is 13.9. The Hall–Kier alpha value is -1.33. The SMILES string of the molecule is CCCCCCCCOC(=O)OCCCCCCCC.O=NO. The Balaban J connectivity index is 0. The third-order valence-corrected chi connectivity index (χ3v) is 3.44. The van der Waals surface area contributed by atoms with E-state index in [-0.39, 0.29) is 0 Å². The van der Waals surface area contributed by atoms with E-state index in [1.54, 1.807) is 0 Å². The highest BCUT2D eigenvalue weighted by molar-refractivity contribution is 5.59. The molecule has 6 nitrogen and oxygen atoms in total. The van der Waals surface area contributed by atoms with E-state index < -0.39 is 6.16 Å². The minimum atomic E-state index is -0.493. The average Bonchev–Trinajstić information content (AvgIpc) is 2.54. The molecule has 138 valence electrons. The summed E-state index contributed by atoms with van der Waals surface area (Å²) in [7, 11) is 0. The van der Waals surface area contributed by atoms with Crippen LogP contribution >= 0.6 is 0 Å². The first-order valence-electron chi connectivity index (χ1n) is 8.99. The summed E-state index contributed by atoms with van der Waals surface area (Å²) in [6.45, 7) is 5.43. The zero-order valence-corrected chi connectivity index (χ0v) is 14.9. The molecule has 0 fully saturated rings. The van der Waals surface area contributed by atoms with Gasteiger partial charge in [0, 0.05) is 0 Å². The van der Waals surface area contributed by atoms with Gasteiger partial charge < -0.3 is 14.7 Å². The molecule has 0 spiro atoms. The molecule has 0 bridgehead atoms. The summed E-state index contributed by atoms with van der Waals surface area (Å²) in [5.74, 6) is 0. The number of carbonyl (C=O) groups is 1. The van der Waals surface area contributed by atoms with Crippen LogP contribution in [0.5, 0.6) is 0 Å². The number of rotatable bonds is 14. The summed E-state index contributed by atoms with van der Waals surface area (Å²) in [4.78, 5) is 19.4. The van der Waals surface area contributed by atoms with Crippen LogP contribution in [0.1, 0.15) is 90.9 Å². The highest BCUT2D eigenvalue weighted by Crippen LogP contribution is 2.06. The van der Waals surface area contributed by atoms with Gasteiger partial charge in [0.1, 0.15) is 0 Å². The van der Waals surface area contributed by atoms with Crippen LogP contribution in [0.2, 0.25) is 0 Å². The fraction of sp³-hybridized carbons (Fsp3) is 0.941. The number of ether oxygens (including phenoxy) is 2. The van der Waals surface area contributed by atoms with Crippen LogP contribution in [-0.4, -0.2) is 24.6 Å². The van der Waals surface area contributed by atoms with Gasteiger partial charge in [0.15, 0.2) is 5.34 Å². The van der Waals surface area contributed by atoms with Crippen molar-refractivity contribution in [2.45, 2.75) is 90.9 Å². The van der Waals surface area contributed by atoms with E-state index in [4.69, 9.17) is 19.6 Å². The summed E-state index contributed by atoms with van der Waals surface area (Å²) in [5.41, 5.74) is 0. The van der Waals surface area contributed by atoms with Crippen molar-refractivity contribution in [3.63, 3.8) is 0 Å². The van der Waals surface area contributed by atoms with Gasteiger partial charge in [-0.05, 0) is 12.8 Å². The number of carbonyl (C=O) groups excluding carboxylic acids is 1. The van der Waals surface area contributed by atoms with Gasteiger partial charge in [0.05, 0.1) is 13.2 Å². The Labute approximate surface area is 140 Å². The van der Waals surface area contributed by atoms with Crippen LogP contribution in [0.4, 0.5) is 4.79 Å². The lowest BCUT2D eigenvalue weighted by Gasteiger charge is -2.06. The van der Waals surface area contributed by atoms with Crippen molar-refractivity contribution in [2.75, 3.05) is 13.2 Å². The normalized spacial score (nSPS) is 9.65. The highest BCUT2D eigenvalue weighted by atomic mass is 16.7. The number of hydrogen-bond donors (Lipinski definition) is 1. The monoisotopic (exact) mass is 333 g/mol. The van der Waals surface area contributed by atoms with Gasteiger partial charge >= 0.3 is 6.16 Å². The van der Waals surface area contributed by atoms with Crippen LogP contribution in [0.15, 0.2) is 5.34 Å².